The van der Waals surface area contributed by atoms with Gasteiger partial charge in [0.25, 0.3) is 0 Å². The van der Waals surface area contributed by atoms with Crippen LogP contribution in [-0.2, 0) is 0 Å². The molecule has 96 valence electrons. The van der Waals surface area contributed by atoms with Crippen molar-refractivity contribution in [2.75, 3.05) is 32.7 Å². The van der Waals surface area contributed by atoms with Crippen LogP contribution in [0.5, 0.6) is 0 Å². The van der Waals surface area contributed by atoms with Crippen LogP contribution < -0.4 is 5.32 Å². The largest absolute Gasteiger partial charge is 0.389 e. The number of β-amino-alcohol motifs (C(OH)–C–C–N with tert-alkyl or cyclic N) is 1. The second-order valence-electron chi connectivity index (χ2n) is 6.02. The third kappa shape index (κ3) is 3.59. The summed E-state index contributed by atoms with van der Waals surface area (Å²) in [7, 11) is 0. The van der Waals surface area contributed by atoms with Crippen LogP contribution in [0.25, 0.3) is 0 Å². The van der Waals surface area contributed by atoms with Crippen LogP contribution in [-0.4, -0.2) is 48.3 Å². The maximum Gasteiger partial charge on any atom is 0.0718 e. The number of aliphatic hydroxyl groups is 1. The van der Waals surface area contributed by atoms with Crippen molar-refractivity contribution in [3.63, 3.8) is 0 Å². The third-order valence-electron chi connectivity index (χ3n) is 3.86. The van der Waals surface area contributed by atoms with Crippen molar-refractivity contribution >= 4 is 12.4 Å². The highest BCUT2D eigenvalue weighted by Gasteiger charge is 2.37. The number of nitrogens with zero attached hydrogens (tertiary/aromatic N) is 1. The summed E-state index contributed by atoms with van der Waals surface area (Å²) in [6.07, 6.45) is 3.95. The van der Waals surface area contributed by atoms with Gasteiger partial charge in [-0.15, -0.1) is 12.4 Å². The fraction of sp³-hybridized carbons (Fsp3) is 1.00. The SMILES string of the molecule is CC(C)(O)CN1CCC2(CCNC2)CC1.Cl. The molecule has 4 heteroatoms. The number of piperidine rings is 1. The smallest absolute Gasteiger partial charge is 0.0718 e. The molecule has 2 rings (SSSR count). The second-order valence-corrected chi connectivity index (χ2v) is 6.02. The minimum atomic E-state index is -0.543. The predicted octanol–water partition coefficient (Wildman–Crippen LogP) is 1.25. The lowest BCUT2D eigenvalue weighted by Gasteiger charge is -2.40. The van der Waals surface area contributed by atoms with Gasteiger partial charge < -0.3 is 15.3 Å². The molecule has 0 aromatic heterocycles. The third-order valence-corrected chi connectivity index (χ3v) is 3.86. The van der Waals surface area contributed by atoms with Gasteiger partial charge in [-0.3, -0.25) is 0 Å². The van der Waals surface area contributed by atoms with Crippen molar-refractivity contribution in [2.24, 2.45) is 5.41 Å². The normalized spacial score (nSPS) is 25.7. The topological polar surface area (TPSA) is 35.5 Å². The molecule has 16 heavy (non-hydrogen) atoms. The molecule has 0 aliphatic carbocycles. The van der Waals surface area contributed by atoms with Gasteiger partial charge in [-0.05, 0) is 58.2 Å². The van der Waals surface area contributed by atoms with E-state index in [2.05, 4.69) is 10.2 Å². The number of rotatable bonds is 2. The molecule has 3 nitrogen and oxygen atoms in total. The summed E-state index contributed by atoms with van der Waals surface area (Å²) >= 11 is 0. The maximum absolute atomic E-state index is 9.77. The Morgan fingerprint density at radius 3 is 2.31 bits per heavy atom. The molecule has 2 fully saturated rings. The monoisotopic (exact) mass is 248 g/mol. The van der Waals surface area contributed by atoms with Gasteiger partial charge in [-0.2, -0.15) is 0 Å². The molecule has 2 saturated heterocycles. The van der Waals surface area contributed by atoms with Crippen LogP contribution in [0.3, 0.4) is 0 Å². The van der Waals surface area contributed by atoms with E-state index in [1.807, 2.05) is 13.8 Å². The first-order valence-electron chi connectivity index (χ1n) is 6.15. The zero-order valence-corrected chi connectivity index (χ0v) is 11.3. The highest BCUT2D eigenvalue weighted by atomic mass is 35.5. The van der Waals surface area contributed by atoms with Gasteiger partial charge in [0, 0.05) is 13.1 Å². The number of likely N-dealkylation sites (tertiary alicyclic amines) is 1. The fourth-order valence-corrected chi connectivity index (χ4v) is 2.95. The highest BCUT2D eigenvalue weighted by Crippen LogP contribution is 2.37. The van der Waals surface area contributed by atoms with Gasteiger partial charge in [0.15, 0.2) is 0 Å². The lowest BCUT2D eigenvalue weighted by molar-refractivity contribution is 0.0133. The average molecular weight is 249 g/mol. The molecule has 0 saturated carbocycles. The van der Waals surface area contributed by atoms with Gasteiger partial charge in [0.2, 0.25) is 0 Å². The van der Waals surface area contributed by atoms with Crippen LogP contribution in [0.1, 0.15) is 33.1 Å². The van der Waals surface area contributed by atoms with Crippen LogP contribution in [0.2, 0.25) is 0 Å². The van der Waals surface area contributed by atoms with Gasteiger partial charge >= 0.3 is 0 Å². The molecule has 2 heterocycles. The van der Waals surface area contributed by atoms with Crippen molar-refractivity contribution in [3.8, 4) is 0 Å². The minimum absolute atomic E-state index is 0. The van der Waals surface area contributed by atoms with Crippen molar-refractivity contribution in [3.05, 3.63) is 0 Å². The Bertz CT molecular complexity index is 212. The lowest BCUT2D eigenvalue weighted by atomic mass is 9.77. The van der Waals surface area contributed by atoms with E-state index in [0.717, 1.165) is 19.6 Å². The molecule has 2 aliphatic rings. The van der Waals surface area contributed by atoms with E-state index in [1.165, 1.54) is 32.4 Å². The van der Waals surface area contributed by atoms with Crippen molar-refractivity contribution in [2.45, 2.75) is 38.7 Å². The van der Waals surface area contributed by atoms with Crippen LogP contribution in [0, 0.1) is 5.41 Å². The van der Waals surface area contributed by atoms with E-state index in [9.17, 15) is 5.11 Å². The lowest BCUT2D eigenvalue weighted by Crippen LogP contribution is -2.46. The molecule has 2 aliphatic heterocycles. The fourth-order valence-electron chi connectivity index (χ4n) is 2.95. The maximum atomic E-state index is 9.77. The first kappa shape index (κ1) is 14.2. The second kappa shape index (κ2) is 5.21. The Morgan fingerprint density at radius 2 is 1.88 bits per heavy atom. The summed E-state index contributed by atoms with van der Waals surface area (Å²) in [4.78, 5) is 2.41. The van der Waals surface area contributed by atoms with Crippen molar-refractivity contribution in [1.82, 2.24) is 10.2 Å². The summed E-state index contributed by atoms with van der Waals surface area (Å²) < 4.78 is 0. The van der Waals surface area contributed by atoms with E-state index in [1.54, 1.807) is 0 Å². The molecule has 2 N–H and O–H groups in total. The van der Waals surface area contributed by atoms with Gasteiger partial charge in [-0.1, -0.05) is 0 Å². The molecule has 0 unspecified atom stereocenters. The summed E-state index contributed by atoms with van der Waals surface area (Å²) in [5.41, 5.74) is 0.0501. The average Bonchev–Trinajstić information content (AvgIpc) is 2.56. The Labute approximate surface area is 105 Å². The number of nitrogens with one attached hydrogen (secondary N) is 1. The molecule has 1 spiro atoms. The molecule has 0 bridgehead atoms. The molecular formula is C12H25ClN2O. The van der Waals surface area contributed by atoms with Crippen molar-refractivity contribution < 1.29 is 5.11 Å². The van der Waals surface area contributed by atoms with E-state index in [-0.39, 0.29) is 12.4 Å². The van der Waals surface area contributed by atoms with Gasteiger partial charge in [-0.25, -0.2) is 0 Å². The van der Waals surface area contributed by atoms with Gasteiger partial charge in [0.05, 0.1) is 5.60 Å². The molecule has 0 radical (unpaired) electrons. The standard InChI is InChI=1S/C12H24N2O.ClH/c1-11(2,15)10-14-7-4-12(5-8-14)3-6-13-9-12;/h13,15H,3-10H2,1-2H3;1H. The molecule has 0 aromatic carbocycles. The molecule has 0 aromatic rings. The molecule has 0 atom stereocenters. The van der Waals surface area contributed by atoms with Gasteiger partial charge in [0.1, 0.15) is 0 Å². The zero-order chi connectivity index (χ0) is 10.9. The Morgan fingerprint density at radius 1 is 1.25 bits per heavy atom. The van der Waals surface area contributed by atoms with Crippen LogP contribution >= 0.6 is 12.4 Å². The number of halogens is 1. The first-order chi connectivity index (χ1) is 6.99. The van der Waals surface area contributed by atoms with E-state index in [0.29, 0.717) is 5.41 Å². The van der Waals surface area contributed by atoms with E-state index < -0.39 is 5.60 Å². The summed E-state index contributed by atoms with van der Waals surface area (Å²) in [6, 6.07) is 0. The van der Waals surface area contributed by atoms with E-state index in [4.69, 9.17) is 0 Å². The number of hydrogen-bond donors (Lipinski definition) is 2. The Kier molecular flexibility index (Phi) is 4.64. The minimum Gasteiger partial charge on any atom is -0.389 e. The van der Waals surface area contributed by atoms with E-state index >= 15 is 0 Å². The van der Waals surface area contributed by atoms with Crippen LogP contribution in [0.4, 0.5) is 0 Å². The molecule has 0 amide bonds. The summed E-state index contributed by atoms with van der Waals surface area (Å²) in [5, 5.41) is 13.3. The number of hydrogen-bond acceptors (Lipinski definition) is 3. The van der Waals surface area contributed by atoms with Crippen molar-refractivity contribution in [1.29, 1.82) is 0 Å². The molecular weight excluding hydrogens is 224 g/mol. The Balaban J connectivity index is 0.00000128. The highest BCUT2D eigenvalue weighted by molar-refractivity contribution is 5.85. The summed E-state index contributed by atoms with van der Waals surface area (Å²) in [6.45, 7) is 9.34. The summed E-state index contributed by atoms with van der Waals surface area (Å²) in [5.74, 6) is 0. The Hall–Kier alpha value is 0.170. The van der Waals surface area contributed by atoms with Crippen LogP contribution in [0.15, 0.2) is 0 Å². The predicted molar refractivity (Wildman–Crippen MR) is 69.1 cm³/mol. The quantitative estimate of drug-likeness (QED) is 0.772. The zero-order valence-electron chi connectivity index (χ0n) is 10.5. The first-order valence-corrected chi connectivity index (χ1v) is 6.15.